The minimum Gasteiger partial charge on any atom is -0.344 e. The standard InChI is InChI=1S/2C37H26N2.C31H22N2/c1-38-32-18-10-8-16-30(32)36-34(38)20-21-35-37(36)31-17-9-11-19-33(31)39(35)29-23-27(25-12-4-2-5-13-25)22-28(24-29)26-14-6-3-7-15-26;1-38-32-13-7-5-11-30(32)36-34(38)23-24-35-37(36)31-12-6-8-14-33(31)39(35)29-21-19-28(20-22-29)27-17-15-26(16-18-27)25-9-3-2-4-10-25;1-32-26-13-7-5-11-24(26)30-28(32)19-20-29-31(30)25-12-6-8-14-27(25)33(29)23-17-15-22(16-18-23)21-9-3-2-4-10-21/h2*2-24H,1H3;2-20H,1H3. The summed E-state index contributed by atoms with van der Waals surface area (Å²) in [7, 11) is 6.50. The molecule has 6 aromatic heterocycles. The van der Waals surface area contributed by atoms with Gasteiger partial charge < -0.3 is 27.4 Å². The first-order chi connectivity index (χ1) is 54.9. The lowest BCUT2D eigenvalue weighted by molar-refractivity contribution is 1.01. The van der Waals surface area contributed by atoms with Crippen LogP contribution < -0.4 is 0 Å². The normalized spacial score (nSPS) is 11.7. The van der Waals surface area contributed by atoms with Crippen molar-refractivity contribution in [1.82, 2.24) is 27.4 Å². The second-order valence-corrected chi connectivity index (χ2v) is 29.3. The summed E-state index contributed by atoms with van der Waals surface area (Å²) in [5.41, 5.74) is 30.7. The van der Waals surface area contributed by atoms with Gasteiger partial charge in [-0.15, -0.1) is 0 Å². The molecule has 0 bridgehead atoms. The van der Waals surface area contributed by atoms with Crippen LogP contribution in [0.15, 0.2) is 394 Å². The molecule has 524 valence electrons. The van der Waals surface area contributed by atoms with E-state index in [1.54, 1.807) is 0 Å². The van der Waals surface area contributed by atoms with E-state index >= 15 is 0 Å². The third-order valence-electron chi connectivity index (χ3n) is 23.2. The molecule has 0 aliphatic heterocycles. The van der Waals surface area contributed by atoms with Gasteiger partial charge in [-0.1, -0.05) is 279 Å². The van der Waals surface area contributed by atoms with Crippen molar-refractivity contribution in [3.63, 3.8) is 0 Å². The lowest BCUT2D eigenvalue weighted by atomic mass is 9.98. The Balaban J connectivity index is 0.000000106. The molecule has 0 amide bonds. The highest BCUT2D eigenvalue weighted by atomic mass is 15.0. The Labute approximate surface area is 642 Å². The number of aromatic nitrogens is 6. The topological polar surface area (TPSA) is 29.6 Å². The first-order valence-corrected chi connectivity index (χ1v) is 38.2. The van der Waals surface area contributed by atoms with Crippen LogP contribution in [0.2, 0.25) is 0 Å². The average Bonchev–Trinajstić information content (AvgIpc) is 1.57. The van der Waals surface area contributed by atoms with Gasteiger partial charge in [-0.25, -0.2) is 0 Å². The maximum Gasteiger partial charge on any atom is 0.0548 e. The van der Waals surface area contributed by atoms with Crippen molar-refractivity contribution in [3.8, 4) is 72.7 Å². The number of nitrogens with zero attached hydrogens (tertiary/aromatic N) is 6. The molecule has 0 saturated carbocycles. The maximum atomic E-state index is 2.45. The Morgan fingerprint density at radius 3 is 0.622 bits per heavy atom. The Hall–Kier alpha value is -14.5. The van der Waals surface area contributed by atoms with Crippen molar-refractivity contribution in [3.05, 3.63) is 394 Å². The minimum atomic E-state index is 1.17. The average molecular weight is 1420 g/mol. The van der Waals surface area contributed by atoms with Crippen LogP contribution in [0, 0.1) is 0 Å². The van der Waals surface area contributed by atoms with E-state index in [1.807, 2.05) is 0 Å². The largest absolute Gasteiger partial charge is 0.344 e. The van der Waals surface area contributed by atoms with Crippen LogP contribution in [0.25, 0.3) is 204 Å². The molecule has 23 rings (SSSR count). The lowest BCUT2D eigenvalue weighted by Crippen LogP contribution is -1.96. The van der Waals surface area contributed by atoms with Crippen molar-refractivity contribution >= 4 is 131 Å². The fraction of sp³-hybridized carbons (Fsp3) is 0.0286. The Morgan fingerprint density at radius 2 is 0.333 bits per heavy atom. The highest BCUT2D eigenvalue weighted by Crippen LogP contribution is 2.46. The molecule has 0 atom stereocenters. The van der Waals surface area contributed by atoms with Crippen molar-refractivity contribution in [2.75, 3.05) is 0 Å². The van der Waals surface area contributed by atoms with Crippen LogP contribution in [0.5, 0.6) is 0 Å². The van der Waals surface area contributed by atoms with Gasteiger partial charge in [0.15, 0.2) is 0 Å². The molecule has 6 nitrogen and oxygen atoms in total. The van der Waals surface area contributed by atoms with Crippen LogP contribution in [0.1, 0.15) is 0 Å². The van der Waals surface area contributed by atoms with Crippen molar-refractivity contribution in [2.45, 2.75) is 0 Å². The number of hydrogen-bond acceptors (Lipinski definition) is 0. The van der Waals surface area contributed by atoms with E-state index in [9.17, 15) is 0 Å². The van der Waals surface area contributed by atoms with Crippen molar-refractivity contribution < 1.29 is 0 Å². The quantitative estimate of drug-likeness (QED) is 0.145. The number of aryl methyl sites for hydroxylation is 3. The van der Waals surface area contributed by atoms with Crippen molar-refractivity contribution in [2.24, 2.45) is 21.1 Å². The Kier molecular flexibility index (Phi) is 15.5. The molecule has 0 saturated heterocycles. The molecule has 6 heterocycles. The summed E-state index contributed by atoms with van der Waals surface area (Å²) < 4.78 is 14.2. The van der Waals surface area contributed by atoms with E-state index in [0.29, 0.717) is 0 Å². The first kappa shape index (κ1) is 64.9. The lowest BCUT2D eigenvalue weighted by Gasteiger charge is -2.14. The summed E-state index contributed by atoms with van der Waals surface area (Å²) in [6.45, 7) is 0. The highest BCUT2D eigenvalue weighted by Gasteiger charge is 2.24. The number of para-hydroxylation sites is 6. The number of rotatable bonds is 8. The number of hydrogen-bond donors (Lipinski definition) is 0. The van der Waals surface area contributed by atoms with Crippen LogP contribution in [0.3, 0.4) is 0 Å². The minimum absolute atomic E-state index is 1.17. The van der Waals surface area contributed by atoms with Gasteiger partial charge in [-0.3, -0.25) is 0 Å². The monoisotopic (exact) mass is 1420 g/mol. The molecule has 17 aromatic carbocycles. The Morgan fingerprint density at radius 1 is 0.135 bits per heavy atom. The zero-order valence-electron chi connectivity index (χ0n) is 61.7. The molecule has 23 aromatic rings. The van der Waals surface area contributed by atoms with Gasteiger partial charge in [-0.2, -0.15) is 0 Å². The second kappa shape index (κ2) is 26.5. The van der Waals surface area contributed by atoms with Gasteiger partial charge in [0.2, 0.25) is 0 Å². The van der Waals surface area contributed by atoms with Crippen LogP contribution >= 0.6 is 0 Å². The fourth-order valence-electron chi connectivity index (χ4n) is 18.0. The van der Waals surface area contributed by atoms with Gasteiger partial charge in [0.05, 0.1) is 33.1 Å². The molecule has 0 radical (unpaired) electrons. The van der Waals surface area contributed by atoms with Crippen LogP contribution in [0.4, 0.5) is 0 Å². The van der Waals surface area contributed by atoms with E-state index < -0.39 is 0 Å². The molecule has 6 heteroatoms. The van der Waals surface area contributed by atoms with E-state index in [-0.39, 0.29) is 0 Å². The van der Waals surface area contributed by atoms with E-state index in [0.717, 1.165) is 0 Å². The van der Waals surface area contributed by atoms with E-state index in [1.165, 1.54) is 204 Å². The zero-order chi connectivity index (χ0) is 73.8. The second-order valence-electron chi connectivity index (χ2n) is 29.3. The summed E-state index contributed by atoms with van der Waals surface area (Å²) in [5.74, 6) is 0. The van der Waals surface area contributed by atoms with Gasteiger partial charge in [0.25, 0.3) is 0 Å². The van der Waals surface area contributed by atoms with Gasteiger partial charge in [0.1, 0.15) is 0 Å². The number of fused-ring (bicyclic) bond motifs is 21. The number of benzene rings is 17. The maximum absolute atomic E-state index is 2.45. The SMILES string of the molecule is Cn1c2ccccc2c2c3c4ccccc4n(-c4cc(-c5ccccc5)cc(-c5ccccc5)c4)c3ccc21.Cn1c2ccccc2c2c3c4ccccc4n(-c4ccc(-c5ccc(-c6ccccc6)cc5)cc4)c3ccc21.Cn1c2ccccc2c2c3c4ccccc4n(-c4ccc(-c5ccccc5)cc4)c3ccc21. The van der Waals surface area contributed by atoms with Crippen molar-refractivity contribution in [1.29, 1.82) is 0 Å². The van der Waals surface area contributed by atoms with E-state index in [4.69, 9.17) is 0 Å². The summed E-state index contributed by atoms with van der Waals surface area (Å²) in [6, 6.07) is 143. The summed E-state index contributed by atoms with van der Waals surface area (Å²) in [6.07, 6.45) is 0. The van der Waals surface area contributed by atoms with Gasteiger partial charge >= 0.3 is 0 Å². The third-order valence-corrected chi connectivity index (χ3v) is 23.2. The molecule has 0 unspecified atom stereocenters. The predicted octanol–water partition coefficient (Wildman–Crippen LogP) is 27.6. The Bertz CT molecular complexity index is 7480. The highest BCUT2D eigenvalue weighted by molar-refractivity contribution is 6.31. The predicted molar refractivity (Wildman–Crippen MR) is 471 cm³/mol. The molecule has 0 N–H and O–H groups in total. The molecule has 0 spiro atoms. The summed E-state index contributed by atoms with van der Waals surface area (Å²) >= 11 is 0. The molecule has 0 aliphatic carbocycles. The molecular weight excluding hydrogens is 1350 g/mol. The summed E-state index contributed by atoms with van der Waals surface area (Å²) in [4.78, 5) is 0. The van der Waals surface area contributed by atoms with Crippen LogP contribution in [-0.2, 0) is 21.1 Å². The van der Waals surface area contributed by atoms with E-state index in [2.05, 4.69) is 443 Å². The molecule has 111 heavy (non-hydrogen) atoms. The third kappa shape index (κ3) is 10.6. The van der Waals surface area contributed by atoms with Gasteiger partial charge in [-0.05, 0) is 171 Å². The molecular formula is C105H74N6. The van der Waals surface area contributed by atoms with Gasteiger partial charge in [0, 0.05) is 136 Å². The first-order valence-electron chi connectivity index (χ1n) is 38.2. The van der Waals surface area contributed by atoms with Crippen LogP contribution in [-0.4, -0.2) is 27.4 Å². The molecule has 0 fully saturated rings. The summed E-state index contributed by atoms with van der Waals surface area (Å²) in [5, 5.41) is 15.7. The molecule has 0 aliphatic rings. The zero-order valence-corrected chi connectivity index (χ0v) is 61.7. The smallest absolute Gasteiger partial charge is 0.0548 e. The fourth-order valence-corrected chi connectivity index (χ4v) is 18.0.